The zero-order valence-electron chi connectivity index (χ0n) is 6.20. The second kappa shape index (κ2) is 3.03. The van der Waals surface area contributed by atoms with Crippen molar-refractivity contribution in [3.63, 3.8) is 0 Å². The van der Waals surface area contributed by atoms with E-state index in [1.165, 1.54) is 10.8 Å². The summed E-state index contributed by atoms with van der Waals surface area (Å²) < 4.78 is 0. The van der Waals surface area contributed by atoms with E-state index in [4.69, 9.17) is 0 Å². The number of benzene rings is 1. The van der Waals surface area contributed by atoms with E-state index in [1.807, 2.05) is 18.2 Å². The average molecular weight is 197 g/mol. The Hall–Kier alpha value is -0.610. The van der Waals surface area contributed by atoms with Crippen molar-refractivity contribution in [2.45, 2.75) is 11.4 Å². The van der Waals surface area contributed by atoms with Gasteiger partial charge in [0.15, 0.2) is 0 Å². The smallest absolute Gasteiger partial charge is 0.251 e. The lowest BCUT2D eigenvalue weighted by Gasteiger charge is -1.97. The quantitative estimate of drug-likeness (QED) is 0.531. The van der Waals surface area contributed by atoms with Crippen LogP contribution in [0.5, 0.6) is 0 Å². The van der Waals surface area contributed by atoms with Crippen molar-refractivity contribution >= 4 is 28.4 Å². The van der Waals surface area contributed by atoms with Crippen molar-refractivity contribution in [2.24, 2.45) is 0 Å². The molecule has 1 N–H and O–H groups in total. The third-order valence-corrected chi connectivity index (χ3v) is 2.97. The highest BCUT2D eigenvalue weighted by molar-refractivity contribution is 8.68. The number of rotatable bonds is 1. The first-order valence-corrected chi connectivity index (χ1v) is 5.40. The van der Waals surface area contributed by atoms with Gasteiger partial charge in [-0.1, -0.05) is 16.9 Å². The summed E-state index contributed by atoms with van der Waals surface area (Å²) in [4.78, 5) is 12.2. The van der Waals surface area contributed by atoms with E-state index in [0.29, 0.717) is 6.54 Å². The second-order valence-corrected chi connectivity index (χ2v) is 3.79. The minimum atomic E-state index is 0.0224. The summed E-state index contributed by atoms with van der Waals surface area (Å²) in [5.41, 5.74) is 1.86. The third-order valence-electron chi connectivity index (χ3n) is 1.87. The van der Waals surface area contributed by atoms with Gasteiger partial charge in [0, 0.05) is 17.0 Å². The number of thiol groups is 1. The van der Waals surface area contributed by atoms with Gasteiger partial charge in [0.05, 0.1) is 0 Å². The van der Waals surface area contributed by atoms with Gasteiger partial charge in [-0.2, -0.15) is 0 Å². The van der Waals surface area contributed by atoms with Gasteiger partial charge < -0.3 is 5.32 Å². The van der Waals surface area contributed by atoms with Crippen LogP contribution in [-0.2, 0) is 6.54 Å². The summed E-state index contributed by atoms with van der Waals surface area (Å²) in [6.45, 7) is 0.658. The lowest BCUT2D eigenvalue weighted by atomic mass is 10.1. The Morgan fingerprint density at radius 3 is 3.08 bits per heavy atom. The number of hydrogen-bond acceptors (Lipinski definition) is 3. The molecule has 0 aromatic heterocycles. The first-order chi connectivity index (χ1) is 5.81. The van der Waals surface area contributed by atoms with Gasteiger partial charge in [-0.05, 0) is 17.7 Å². The molecule has 0 bridgehead atoms. The second-order valence-electron chi connectivity index (χ2n) is 2.59. The Bertz CT molecular complexity index is 338. The van der Waals surface area contributed by atoms with Crippen molar-refractivity contribution in [1.29, 1.82) is 0 Å². The Morgan fingerprint density at radius 1 is 1.50 bits per heavy atom. The first-order valence-electron chi connectivity index (χ1n) is 3.54. The fourth-order valence-electron chi connectivity index (χ4n) is 1.25. The molecule has 4 heteroatoms. The lowest BCUT2D eigenvalue weighted by Crippen LogP contribution is -2.12. The minimum absolute atomic E-state index is 0.0224. The zero-order chi connectivity index (χ0) is 8.55. The summed E-state index contributed by atoms with van der Waals surface area (Å²) in [6.07, 6.45) is 0. The lowest BCUT2D eigenvalue weighted by molar-refractivity contribution is 0.0965. The molecule has 0 fully saturated rings. The van der Waals surface area contributed by atoms with Gasteiger partial charge in [-0.15, -0.1) is 11.7 Å². The number of fused-ring (bicyclic) bond motifs is 1. The first kappa shape index (κ1) is 8.01. The molecule has 0 spiro atoms. The number of carbonyl (C=O) groups is 1. The van der Waals surface area contributed by atoms with Crippen LogP contribution in [0, 0.1) is 0 Å². The maximum absolute atomic E-state index is 11.2. The van der Waals surface area contributed by atoms with Crippen molar-refractivity contribution < 1.29 is 4.79 Å². The number of amides is 1. The standard InChI is InChI=1S/C8H7NOS2/c10-8-7-3-6(12-11)2-1-5(7)4-9-8/h1-3,11H,4H2,(H,9,10). The molecule has 62 valence electrons. The molecule has 1 aliphatic rings. The largest absolute Gasteiger partial charge is 0.348 e. The third kappa shape index (κ3) is 1.21. The van der Waals surface area contributed by atoms with E-state index < -0.39 is 0 Å². The van der Waals surface area contributed by atoms with Gasteiger partial charge in [-0.25, -0.2) is 0 Å². The normalized spacial score (nSPS) is 14.2. The zero-order valence-corrected chi connectivity index (χ0v) is 7.91. The van der Waals surface area contributed by atoms with Crippen LogP contribution in [0.3, 0.4) is 0 Å². The molecule has 12 heavy (non-hydrogen) atoms. The molecule has 0 atom stereocenters. The van der Waals surface area contributed by atoms with Crippen LogP contribution >= 0.6 is 22.5 Å². The predicted octanol–water partition coefficient (Wildman–Crippen LogP) is 1.87. The van der Waals surface area contributed by atoms with E-state index in [-0.39, 0.29) is 5.91 Å². The highest BCUT2D eigenvalue weighted by Crippen LogP contribution is 2.25. The van der Waals surface area contributed by atoms with Gasteiger partial charge >= 0.3 is 0 Å². The van der Waals surface area contributed by atoms with Crippen molar-refractivity contribution in [1.82, 2.24) is 5.32 Å². The average Bonchev–Trinajstić information content (AvgIpc) is 2.47. The summed E-state index contributed by atoms with van der Waals surface area (Å²) in [5.74, 6) is 0.0224. The molecule has 0 radical (unpaired) electrons. The highest BCUT2D eigenvalue weighted by atomic mass is 33.1. The van der Waals surface area contributed by atoms with Crippen LogP contribution in [0.25, 0.3) is 0 Å². The number of carbonyl (C=O) groups excluding carboxylic acids is 1. The summed E-state index contributed by atoms with van der Waals surface area (Å²) in [5, 5.41) is 2.76. The van der Waals surface area contributed by atoms with Crippen LogP contribution < -0.4 is 5.32 Å². The SMILES string of the molecule is O=C1NCc2ccc(SS)cc21. The highest BCUT2D eigenvalue weighted by Gasteiger charge is 2.18. The predicted molar refractivity (Wildman–Crippen MR) is 52.5 cm³/mol. The molecule has 0 unspecified atom stereocenters. The van der Waals surface area contributed by atoms with E-state index in [9.17, 15) is 4.79 Å². The van der Waals surface area contributed by atoms with E-state index in [1.54, 1.807) is 0 Å². The fraction of sp³-hybridized carbons (Fsp3) is 0.125. The fourth-order valence-corrected chi connectivity index (χ4v) is 1.89. The van der Waals surface area contributed by atoms with Crippen molar-refractivity contribution in [3.8, 4) is 0 Å². The molecular formula is C8H7NOS2. The van der Waals surface area contributed by atoms with E-state index >= 15 is 0 Å². The Labute approximate surface area is 79.5 Å². The van der Waals surface area contributed by atoms with Gasteiger partial charge in [0.1, 0.15) is 0 Å². The monoisotopic (exact) mass is 197 g/mol. The molecule has 1 aliphatic heterocycles. The van der Waals surface area contributed by atoms with Crippen LogP contribution in [0.1, 0.15) is 15.9 Å². The van der Waals surface area contributed by atoms with Gasteiger partial charge in [0.25, 0.3) is 5.91 Å². The Morgan fingerprint density at radius 2 is 2.33 bits per heavy atom. The molecule has 2 nitrogen and oxygen atoms in total. The molecule has 1 heterocycles. The molecule has 1 aromatic rings. The van der Waals surface area contributed by atoms with Crippen LogP contribution in [0.15, 0.2) is 23.1 Å². The summed E-state index contributed by atoms with van der Waals surface area (Å²) >= 11 is 4.07. The maximum Gasteiger partial charge on any atom is 0.251 e. The number of nitrogens with one attached hydrogen (secondary N) is 1. The molecule has 0 aliphatic carbocycles. The van der Waals surface area contributed by atoms with Crippen LogP contribution in [0.2, 0.25) is 0 Å². The topological polar surface area (TPSA) is 29.1 Å². The van der Waals surface area contributed by atoms with E-state index in [0.717, 1.165) is 16.0 Å². The summed E-state index contributed by atoms with van der Waals surface area (Å²) in [7, 11) is 1.35. The van der Waals surface area contributed by atoms with Crippen LogP contribution in [-0.4, -0.2) is 5.91 Å². The molecule has 1 aromatic carbocycles. The molecular weight excluding hydrogens is 190 g/mol. The Kier molecular flexibility index (Phi) is 2.02. The summed E-state index contributed by atoms with van der Waals surface area (Å²) in [6, 6.07) is 5.80. The van der Waals surface area contributed by atoms with Crippen molar-refractivity contribution in [2.75, 3.05) is 0 Å². The maximum atomic E-state index is 11.2. The van der Waals surface area contributed by atoms with Gasteiger partial charge in [-0.3, -0.25) is 4.79 Å². The Balaban J connectivity index is 2.50. The van der Waals surface area contributed by atoms with Gasteiger partial charge in [0.2, 0.25) is 0 Å². The molecule has 0 saturated heterocycles. The number of hydrogen-bond donors (Lipinski definition) is 2. The van der Waals surface area contributed by atoms with Crippen molar-refractivity contribution in [3.05, 3.63) is 29.3 Å². The minimum Gasteiger partial charge on any atom is -0.348 e. The molecule has 0 saturated carbocycles. The van der Waals surface area contributed by atoms with E-state index in [2.05, 4.69) is 17.0 Å². The molecule has 1 amide bonds. The van der Waals surface area contributed by atoms with Crippen LogP contribution in [0.4, 0.5) is 0 Å². The molecule has 2 rings (SSSR count).